The average Bonchev–Trinajstić information content (AvgIpc) is 3.12. The lowest BCUT2D eigenvalue weighted by molar-refractivity contribution is -0.161. The molecule has 0 bridgehead atoms. The highest BCUT2D eigenvalue weighted by Crippen LogP contribution is 2.28. The molecule has 0 saturated carbocycles. The van der Waals surface area contributed by atoms with Crippen LogP contribution in [0.3, 0.4) is 0 Å². The summed E-state index contributed by atoms with van der Waals surface area (Å²) in [4.78, 5) is 28.1. The van der Waals surface area contributed by atoms with E-state index >= 15 is 0 Å². The number of amides is 1. The van der Waals surface area contributed by atoms with Gasteiger partial charge in [-0.05, 0) is 49.2 Å². The molecule has 3 rings (SSSR count). The predicted octanol–water partition coefficient (Wildman–Crippen LogP) is 2.49. The van der Waals surface area contributed by atoms with Crippen molar-refractivity contribution in [1.82, 2.24) is 4.98 Å². The zero-order chi connectivity index (χ0) is 20.3. The summed E-state index contributed by atoms with van der Waals surface area (Å²) in [5, 5.41) is 23.1. The summed E-state index contributed by atoms with van der Waals surface area (Å²) < 4.78 is 5.65. The summed E-state index contributed by atoms with van der Waals surface area (Å²) in [6, 6.07) is 12.6. The van der Waals surface area contributed by atoms with Crippen molar-refractivity contribution in [3.8, 4) is 0 Å². The molecule has 1 aromatic heterocycles. The molecule has 0 saturated heterocycles. The number of nitrogens with zero attached hydrogens (tertiary/aromatic N) is 1. The van der Waals surface area contributed by atoms with Crippen molar-refractivity contribution in [2.45, 2.75) is 26.1 Å². The van der Waals surface area contributed by atoms with Gasteiger partial charge >= 0.3 is 5.97 Å². The number of esters is 1. The highest BCUT2D eigenvalue weighted by atomic mass is 32.1. The lowest BCUT2D eigenvalue weighted by atomic mass is 10.1. The molecule has 0 aliphatic rings. The van der Waals surface area contributed by atoms with Crippen molar-refractivity contribution in [1.29, 1.82) is 0 Å². The number of nitrogens with one attached hydrogen (secondary N) is 1. The molecule has 3 N–H and O–H groups in total. The Balaban J connectivity index is 1.55. The van der Waals surface area contributed by atoms with Crippen LogP contribution in [0.25, 0.3) is 10.2 Å². The number of fused-ring (bicyclic) bond motifs is 1. The van der Waals surface area contributed by atoms with Gasteiger partial charge in [-0.1, -0.05) is 18.2 Å². The van der Waals surface area contributed by atoms with Gasteiger partial charge in [-0.2, -0.15) is 0 Å². The van der Waals surface area contributed by atoms with E-state index in [4.69, 9.17) is 4.74 Å². The number of para-hydroxylation sites is 1. The van der Waals surface area contributed by atoms with Crippen LogP contribution in [-0.4, -0.2) is 39.8 Å². The molecule has 1 amide bonds. The van der Waals surface area contributed by atoms with Gasteiger partial charge in [0.05, 0.1) is 10.2 Å². The Morgan fingerprint density at radius 3 is 2.61 bits per heavy atom. The van der Waals surface area contributed by atoms with E-state index in [0.717, 1.165) is 15.8 Å². The minimum absolute atomic E-state index is 0.199. The van der Waals surface area contributed by atoms with Gasteiger partial charge < -0.3 is 20.3 Å². The average molecular weight is 400 g/mol. The summed E-state index contributed by atoms with van der Waals surface area (Å²) in [6.45, 7) is 3.31. The quantitative estimate of drug-likeness (QED) is 0.549. The molecule has 0 fully saturated rings. The van der Waals surface area contributed by atoms with Gasteiger partial charge in [0.1, 0.15) is 11.1 Å². The van der Waals surface area contributed by atoms with Crippen molar-refractivity contribution >= 4 is 39.1 Å². The van der Waals surface area contributed by atoms with Gasteiger partial charge in [-0.3, -0.25) is 4.79 Å². The number of rotatable bonds is 6. The first kappa shape index (κ1) is 19.9. The number of hydrogen-bond acceptors (Lipinski definition) is 7. The zero-order valence-corrected chi connectivity index (χ0v) is 16.2. The van der Waals surface area contributed by atoms with E-state index in [0.29, 0.717) is 11.2 Å². The standard InChI is InChI=1S/C20H20N2O5S/c1-11-7-8-13(9-12(11)2)21-16(23)10-27-20(26)18(25)17(24)19-22-14-5-3-4-6-15(14)28-19/h3-9,17-18,24-25H,10H2,1-2H3,(H,21,23). The van der Waals surface area contributed by atoms with Crippen LogP contribution < -0.4 is 5.32 Å². The SMILES string of the molecule is Cc1ccc(NC(=O)COC(=O)C(O)C(O)c2nc3ccccc3s2)cc1C. The molecule has 146 valence electrons. The van der Waals surface area contributed by atoms with Gasteiger partial charge in [0.2, 0.25) is 0 Å². The molecular formula is C20H20N2O5S. The van der Waals surface area contributed by atoms with Crippen molar-refractivity contribution in [2.24, 2.45) is 0 Å². The Hall–Kier alpha value is -2.81. The molecule has 7 nitrogen and oxygen atoms in total. The molecule has 3 aromatic rings. The Kier molecular flexibility index (Phi) is 6.03. The maximum absolute atomic E-state index is 12.0. The lowest BCUT2D eigenvalue weighted by Gasteiger charge is -2.14. The number of benzene rings is 2. The third kappa shape index (κ3) is 4.53. The summed E-state index contributed by atoms with van der Waals surface area (Å²) in [5.74, 6) is -1.64. The number of hydrogen-bond donors (Lipinski definition) is 3. The molecule has 2 unspecified atom stereocenters. The normalized spacial score (nSPS) is 13.1. The van der Waals surface area contributed by atoms with Gasteiger partial charge in [-0.15, -0.1) is 11.3 Å². The number of ether oxygens (including phenoxy) is 1. The number of carbonyl (C=O) groups is 2. The molecule has 28 heavy (non-hydrogen) atoms. The van der Waals surface area contributed by atoms with Gasteiger partial charge in [0.25, 0.3) is 5.91 Å². The van der Waals surface area contributed by atoms with Crippen molar-refractivity contribution in [3.63, 3.8) is 0 Å². The van der Waals surface area contributed by atoms with E-state index in [1.807, 2.05) is 32.0 Å². The fourth-order valence-corrected chi connectivity index (χ4v) is 3.50. The molecule has 0 radical (unpaired) electrons. The molecule has 2 atom stereocenters. The Morgan fingerprint density at radius 2 is 1.89 bits per heavy atom. The van der Waals surface area contributed by atoms with Crippen LogP contribution >= 0.6 is 11.3 Å². The molecule has 0 aliphatic carbocycles. The first-order valence-electron chi connectivity index (χ1n) is 8.60. The monoisotopic (exact) mass is 400 g/mol. The molecule has 2 aromatic carbocycles. The van der Waals surface area contributed by atoms with Crippen molar-refractivity contribution < 1.29 is 24.5 Å². The third-order valence-corrected chi connectivity index (χ3v) is 5.35. The third-order valence-electron chi connectivity index (χ3n) is 4.24. The van der Waals surface area contributed by atoms with E-state index in [2.05, 4.69) is 10.3 Å². The Morgan fingerprint density at radius 1 is 1.14 bits per heavy atom. The van der Waals surface area contributed by atoms with Crippen LogP contribution in [0.1, 0.15) is 22.2 Å². The Bertz CT molecular complexity index is 984. The predicted molar refractivity (Wildman–Crippen MR) is 106 cm³/mol. The molecule has 1 heterocycles. The fourth-order valence-electron chi connectivity index (χ4n) is 2.52. The van der Waals surface area contributed by atoms with Crippen LogP contribution in [0.15, 0.2) is 42.5 Å². The van der Waals surface area contributed by atoms with Crippen molar-refractivity contribution in [2.75, 3.05) is 11.9 Å². The minimum Gasteiger partial charge on any atom is -0.454 e. The van der Waals surface area contributed by atoms with Crippen LogP contribution in [0.5, 0.6) is 0 Å². The summed E-state index contributed by atoms with van der Waals surface area (Å²) in [7, 11) is 0. The zero-order valence-electron chi connectivity index (χ0n) is 15.4. The van der Waals surface area contributed by atoms with E-state index < -0.39 is 30.7 Å². The number of aliphatic hydroxyl groups excluding tert-OH is 2. The topological polar surface area (TPSA) is 109 Å². The number of carbonyl (C=O) groups excluding carboxylic acids is 2. The van der Waals surface area contributed by atoms with Crippen molar-refractivity contribution in [3.05, 3.63) is 58.6 Å². The Labute approximate surface area is 165 Å². The number of aryl methyl sites for hydroxylation is 2. The lowest BCUT2D eigenvalue weighted by Crippen LogP contribution is -2.32. The van der Waals surface area contributed by atoms with Crippen LogP contribution in [0, 0.1) is 13.8 Å². The minimum atomic E-state index is -1.84. The van der Waals surface area contributed by atoms with Crippen LogP contribution in [0.2, 0.25) is 0 Å². The summed E-state index contributed by atoms with van der Waals surface area (Å²) >= 11 is 1.17. The highest BCUT2D eigenvalue weighted by molar-refractivity contribution is 7.18. The molecule has 0 spiro atoms. The van der Waals surface area contributed by atoms with E-state index in [1.165, 1.54) is 11.3 Å². The van der Waals surface area contributed by atoms with Crippen LogP contribution in [0.4, 0.5) is 5.69 Å². The first-order chi connectivity index (χ1) is 13.3. The van der Waals surface area contributed by atoms with E-state index in [9.17, 15) is 19.8 Å². The summed E-state index contributed by atoms with van der Waals surface area (Å²) in [5.41, 5.74) is 3.36. The second kappa shape index (κ2) is 8.47. The molecular weight excluding hydrogens is 380 g/mol. The number of aliphatic hydroxyl groups is 2. The van der Waals surface area contributed by atoms with E-state index in [1.54, 1.807) is 24.3 Å². The molecule has 8 heteroatoms. The highest BCUT2D eigenvalue weighted by Gasteiger charge is 2.30. The van der Waals surface area contributed by atoms with Gasteiger partial charge in [0, 0.05) is 5.69 Å². The maximum Gasteiger partial charge on any atom is 0.338 e. The number of thiazole rings is 1. The largest absolute Gasteiger partial charge is 0.454 e. The van der Waals surface area contributed by atoms with E-state index in [-0.39, 0.29) is 5.01 Å². The first-order valence-corrected chi connectivity index (χ1v) is 9.42. The van der Waals surface area contributed by atoms with Crippen LogP contribution in [-0.2, 0) is 14.3 Å². The fraction of sp³-hybridized carbons (Fsp3) is 0.250. The smallest absolute Gasteiger partial charge is 0.338 e. The number of aromatic nitrogens is 1. The van der Waals surface area contributed by atoms with Gasteiger partial charge in [-0.25, -0.2) is 9.78 Å². The maximum atomic E-state index is 12.0. The number of anilines is 1. The molecule has 0 aliphatic heterocycles. The summed E-state index contributed by atoms with van der Waals surface area (Å²) in [6.07, 6.45) is -3.37. The second-order valence-corrected chi connectivity index (χ2v) is 7.43. The van der Waals surface area contributed by atoms with Gasteiger partial charge in [0.15, 0.2) is 12.7 Å². The second-order valence-electron chi connectivity index (χ2n) is 6.36.